The van der Waals surface area contributed by atoms with Crippen LogP contribution in [-0.4, -0.2) is 33.4 Å². The third-order valence-corrected chi connectivity index (χ3v) is 3.73. The van der Waals surface area contributed by atoms with E-state index in [4.69, 9.17) is 17.3 Å². The average Bonchev–Trinajstić information content (AvgIpc) is 2.98. The molecule has 1 aliphatic heterocycles. The van der Waals surface area contributed by atoms with Crippen LogP contribution in [0, 0.1) is 0 Å². The Labute approximate surface area is 116 Å². The SMILES string of the molecule is Nc1nc2cc(Cl)ccc2n1CC(=O)N1CCCC1. The summed E-state index contributed by atoms with van der Waals surface area (Å²) >= 11 is 5.92. The number of anilines is 1. The topological polar surface area (TPSA) is 64.1 Å². The van der Waals surface area contributed by atoms with Gasteiger partial charge in [-0.1, -0.05) is 11.6 Å². The Kier molecular flexibility index (Phi) is 3.06. The Morgan fingerprint density at radius 2 is 2.11 bits per heavy atom. The highest BCUT2D eigenvalue weighted by molar-refractivity contribution is 6.31. The largest absolute Gasteiger partial charge is 0.369 e. The Bertz CT molecular complexity index is 631. The summed E-state index contributed by atoms with van der Waals surface area (Å²) in [5.74, 6) is 0.447. The zero-order valence-electron chi connectivity index (χ0n) is 10.5. The number of hydrogen-bond acceptors (Lipinski definition) is 3. The van der Waals surface area contributed by atoms with Gasteiger partial charge in [0.05, 0.1) is 11.0 Å². The Hall–Kier alpha value is -1.75. The molecule has 1 aliphatic rings. The van der Waals surface area contributed by atoms with Gasteiger partial charge in [-0.3, -0.25) is 4.79 Å². The van der Waals surface area contributed by atoms with Crippen molar-refractivity contribution in [3.8, 4) is 0 Å². The van der Waals surface area contributed by atoms with Gasteiger partial charge in [0.1, 0.15) is 6.54 Å². The Morgan fingerprint density at radius 1 is 1.37 bits per heavy atom. The molecule has 19 heavy (non-hydrogen) atoms. The van der Waals surface area contributed by atoms with Crippen LogP contribution in [0.4, 0.5) is 5.95 Å². The summed E-state index contributed by atoms with van der Waals surface area (Å²) in [7, 11) is 0. The molecular weight excluding hydrogens is 264 g/mol. The number of nitrogens with two attached hydrogens (primary N) is 1. The number of rotatable bonds is 2. The molecule has 0 spiro atoms. The molecule has 6 heteroatoms. The van der Waals surface area contributed by atoms with E-state index >= 15 is 0 Å². The van der Waals surface area contributed by atoms with Gasteiger partial charge in [-0.25, -0.2) is 4.98 Å². The van der Waals surface area contributed by atoms with E-state index in [2.05, 4.69) is 4.98 Å². The van der Waals surface area contributed by atoms with E-state index < -0.39 is 0 Å². The third kappa shape index (κ3) is 2.26. The number of imidazole rings is 1. The van der Waals surface area contributed by atoms with Gasteiger partial charge in [-0.2, -0.15) is 0 Å². The van der Waals surface area contributed by atoms with Crippen LogP contribution in [0.2, 0.25) is 5.02 Å². The fourth-order valence-electron chi connectivity index (χ4n) is 2.49. The van der Waals surface area contributed by atoms with Crippen LogP contribution < -0.4 is 5.73 Å². The average molecular weight is 279 g/mol. The van der Waals surface area contributed by atoms with Crippen molar-refractivity contribution in [3.63, 3.8) is 0 Å². The smallest absolute Gasteiger partial charge is 0.242 e. The zero-order chi connectivity index (χ0) is 13.4. The summed E-state index contributed by atoms with van der Waals surface area (Å²) in [6.07, 6.45) is 2.17. The van der Waals surface area contributed by atoms with E-state index in [-0.39, 0.29) is 12.5 Å². The van der Waals surface area contributed by atoms with Crippen molar-refractivity contribution >= 4 is 34.5 Å². The minimum absolute atomic E-state index is 0.0958. The fraction of sp³-hybridized carbons (Fsp3) is 0.385. The molecule has 0 aliphatic carbocycles. The molecule has 100 valence electrons. The first-order valence-electron chi connectivity index (χ1n) is 6.34. The van der Waals surface area contributed by atoms with Gasteiger partial charge in [0.15, 0.2) is 0 Å². The number of nitrogen functional groups attached to an aromatic ring is 1. The van der Waals surface area contributed by atoms with Gasteiger partial charge in [0, 0.05) is 18.1 Å². The van der Waals surface area contributed by atoms with Gasteiger partial charge in [-0.05, 0) is 31.0 Å². The molecule has 1 aromatic heterocycles. The van der Waals surface area contributed by atoms with Crippen molar-refractivity contribution in [1.29, 1.82) is 0 Å². The lowest BCUT2D eigenvalue weighted by Crippen LogP contribution is -2.31. The first-order valence-corrected chi connectivity index (χ1v) is 6.72. The molecule has 0 saturated carbocycles. The highest BCUT2D eigenvalue weighted by atomic mass is 35.5. The number of carbonyl (C=O) groups is 1. The first-order chi connectivity index (χ1) is 9.15. The van der Waals surface area contributed by atoms with E-state index in [1.165, 1.54) is 0 Å². The number of hydrogen-bond donors (Lipinski definition) is 1. The number of halogens is 1. The zero-order valence-corrected chi connectivity index (χ0v) is 11.2. The summed E-state index contributed by atoms with van der Waals surface area (Å²) in [5, 5.41) is 0.614. The predicted octanol–water partition coefficient (Wildman–Crippen LogP) is 1.89. The molecule has 3 rings (SSSR count). The standard InChI is InChI=1S/C13H15ClN4O/c14-9-3-4-11-10(7-9)16-13(15)18(11)8-12(19)17-5-1-2-6-17/h3-4,7H,1-2,5-6,8H2,(H2,15,16). The molecule has 1 saturated heterocycles. The predicted molar refractivity (Wildman–Crippen MR) is 75.0 cm³/mol. The van der Waals surface area contributed by atoms with Crippen molar-refractivity contribution in [2.24, 2.45) is 0 Å². The van der Waals surface area contributed by atoms with Crippen molar-refractivity contribution in [2.75, 3.05) is 18.8 Å². The van der Waals surface area contributed by atoms with Gasteiger partial charge < -0.3 is 15.2 Å². The fourth-order valence-corrected chi connectivity index (χ4v) is 2.66. The van der Waals surface area contributed by atoms with Crippen LogP contribution in [0.1, 0.15) is 12.8 Å². The molecule has 2 heterocycles. The number of benzene rings is 1. The minimum Gasteiger partial charge on any atom is -0.369 e. The summed E-state index contributed by atoms with van der Waals surface area (Å²) in [6, 6.07) is 5.38. The van der Waals surface area contributed by atoms with Crippen LogP contribution in [0.5, 0.6) is 0 Å². The molecule has 0 unspecified atom stereocenters. The lowest BCUT2D eigenvalue weighted by atomic mass is 10.3. The van der Waals surface area contributed by atoms with E-state index in [9.17, 15) is 4.79 Å². The molecular formula is C13H15ClN4O. The number of carbonyl (C=O) groups excluding carboxylic acids is 1. The quantitative estimate of drug-likeness (QED) is 0.912. The van der Waals surface area contributed by atoms with Crippen LogP contribution in [0.3, 0.4) is 0 Å². The lowest BCUT2D eigenvalue weighted by Gasteiger charge is -2.16. The molecule has 1 amide bonds. The van der Waals surface area contributed by atoms with E-state index in [0.717, 1.165) is 37.0 Å². The highest BCUT2D eigenvalue weighted by Gasteiger charge is 2.20. The number of nitrogens with zero attached hydrogens (tertiary/aromatic N) is 3. The molecule has 2 aromatic rings. The van der Waals surface area contributed by atoms with Crippen LogP contribution in [-0.2, 0) is 11.3 Å². The number of fused-ring (bicyclic) bond motifs is 1. The van der Waals surface area contributed by atoms with E-state index in [1.54, 1.807) is 16.7 Å². The number of amides is 1. The second kappa shape index (κ2) is 4.74. The molecule has 0 bridgehead atoms. The second-order valence-electron chi connectivity index (χ2n) is 4.78. The Balaban J connectivity index is 1.91. The minimum atomic E-state index is 0.0958. The normalized spacial score (nSPS) is 15.3. The summed E-state index contributed by atoms with van der Waals surface area (Å²) in [6.45, 7) is 1.93. The second-order valence-corrected chi connectivity index (χ2v) is 5.21. The van der Waals surface area contributed by atoms with Crippen LogP contribution in [0.25, 0.3) is 11.0 Å². The molecule has 0 radical (unpaired) electrons. The molecule has 5 nitrogen and oxygen atoms in total. The molecule has 1 aromatic carbocycles. The summed E-state index contributed by atoms with van der Waals surface area (Å²) in [5.41, 5.74) is 7.45. The summed E-state index contributed by atoms with van der Waals surface area (Å²) < 4.78 is 1.74. The van der Waals surface area contributed by atoms with Gasteiger partial charge in [-0.15, -0.1) is 0 Å². The van der Waals surface area contributed by atoms with Crippen LogP contribution in [0.15, 0.2) is 18.2 Å². The summed E-state index contributed by atoms with van der Waals surface area (Å²) in [4.78, 5) is 18.3. The molecule has 1 fully saturated rings. The van der Waals surface area contributed by atoms with E-state index in [1.807, 2.05) is 11.0 Å². The van der Waals surface area contributed by atoms with Crippen molar-refractivity contribution in [1.82, 2.24) is 14.5 Å². The monoisotopic (exact) mass is 278 g/mol. The number of aromatic nitrogens is 2. The number of likely N-dealkylation sites (tertiary alicyclic amines) is 1. The van der Waals surface area contributed by atoms with Gasteiger partial charge in [0.2, 0.25) is 11.9 Å². The van der Waals surface area contributed by atoms with Crippen molar-refractivity contribution < 1.29 is 4.79 Å². The van der Waals surface area contributed by atoms with Crippen molar-refractivity contribution in [2.45, 2.75) is 19.4 Å². The van der Waals surface area contributed by atoms with E-state index in [0.29, 0.717) is 11.0 Å². The lowest BCUT2D eigenvalue weighted by molar-refractivity contribution is -0.130. The highest BCUT2D eigenvalue weighted by Crippen LogP contribution is 2.22. The van der Waals surface area contributed by atoms with Crippen LogP contribution >= 0.6 is 11.6 Å². The molecule has 2 N–H and O–H groups in total. The maximum atomic E-state index is 12.2. The van der Waals surface area contributed by atoms with Crippen molar-refractivity contribution in [3.05, 3.63) is 23.2 Å². The first kappa shape index (κ1) is 12.3. The van der Waals surface area contributed by atoms with Gasteiger partial charge >= 0.3 is 0 Å². The Morgan fingerprint density at radius 3 is 2.84 bits per heavy atom. The maximum Gasteiger partial charge on any atom is 0.242 e. The third-order valence-electron chi connectivity index (χ3n) is 3.49. The maximum absolute atomic E-state index is 12.2. The van der Waals surface area contributed by atoms with Gasteiger partial charge in [0.25, 0.3) is 0 Å². The molecule has 0 atom stereocenters.